The van der Waals surface area contributed by atoms with Gasteiger partial charge >= 0.3 is 0 Å². The summed E-state index contributed by atoms with van der Waals surface area (Å²) in [6, 6.07) is 20.2. The van der Waals surface area contributed by atoms with E-state index in [0.29, 0.717) is 16.3 Å². The predicted molar refractivity (Wildman–Crippen MR) is 103 cm³/mol. The Bertz CT molecular complexity index is 870. The minimum atomic E-state index is -0.209. The molecule has 124 valence electrons. The topological polar surface area (TPSA) is 58.2 Å². The van der Waals surface area contributed by atoms with Gasteiger partial charge in [0.1, 0.15) is 0 Å². The van der Waals surface area contributed by atoms with Crippen LogP contribution in [-0.2, 0) is 4.79 Å². The van der Waals surface area contributed by atoms with Gasteiger partial charge in [-0.05, 0) is 47.4 Å². The molecule has 0 spiro atoms. The molecule has 0 aliphatic carbocycles. The molecule has 3 rings (SSSR count). The SMILES string of the molecule is O=C(/C=C/c1ccccc1)Nc1ccc(NC(=O)c2cccs2)cc1. The molecular formula is C20H16N2O2S. The van der Waals surface area contributed by atoms with Crippen LogP contribution >= 0.6 is 11.3 Å². The van der Waals surface area contributed by atoms with Crippen LogP contribution in [0.15, 0.2) is 78.2 Å². The Morgan fingerprint density at radius 1 is 0.800 bits per heavy atom. The summed E-state index contributed by atoms with van der Waals surface area (Å²) < 4.78 is 0. The number of benzene rings is 2. The van der Waals surface area contributed by atoms with E-state index in [4.69, 9.17) is 0 Å². The van der Waals surface area contributed by atoms with Gasteiger partial charge in [-0.2, -0.15) is 0 Å². The van der Waals surface area contributed by atoms with Gasteiger partial charge < -0.3 is 10.6 Å². The number of carbonyl (C=O) groups excluding carboxylic acids is 2. The van der Waals surface area contributed by atoms with Gasteiger partial charge in [-0.3, -0.25) is 9.59 Å². The zero-order valence-electron chi connectivity index (χ0n) is 13.3. The van der Waals surface area contributed by atoms with Crippen molar-refractivity contribution in [3.63, 3.8) is 0 Å². The maximum atomic E-state index is 12.0. The maximum absolute atomic E-state index is 12.0. The van der Waals surface area contributed by atoms with Crippen LogP contribution in [0.25, 0.3) is 6.08 Å². The van der Waals surface area contributed by atoms with Crippen LogP contribution in [0.3, 0.4) is 0 Å². The molecule has 1 aromatic heterocycles. The monoisotopic (exact) mass is 348 g/mol. The van der Waals surface area contributed by atoms with Crippen molar-refractivity contribution in [3.05, 3.63) is 88.6 Å². The molecule has 5 heteroatoms. The first-order valence-corrected chi connectivity index (χ1v) is 8.58. The van der Waals surface area contributed by atoms with Crippen molar-refractivity contribution in [3.8, 4) is 0 Å². The van der Waals surface area contributed by atoms with E-state index < -0.39 is 0 Å². The lowest BCUT2D eigenvalue weighted by Crippen LogP contribution is -2.10. The number of amides is 2. The first-order valence-electron chi connectivity index (χ1n) is 7.70. The second kappa shape index (κ2) is 8.08. The summed E-state index contributed by atoms with van der Waals surface area (Å²) in [7, 11) is 0. The molecule has 0 saturated heterocycles. The molecule has 0 saturated carbocycles. The van der Waals surface area contributed by atoms with Crippen LogP contribution in [0.1, 0.15) is 15.2 Å². The van der Waals surface area contributed by atoms with E-state index in [9.17, 15) is 9.59 Å². The molecule has 0 radical (unpaired) electrons. The fraction of sp³-hybridized carbons (Fsp3) is 0. The van der Waals surface area contributed by atoms with Crippen molar-refractivity contribution in [2.24, 2.45) is 0 Å². The van der Waals surface area contributed by atoms with E-state index in [1.54, 1.807) is 36.4 Å². The third kappa shape index (κ3) is 4.89. The minimum Gasteiger partial charge on any atom is -0.323 e. The number of anilines is 2. The number of nitrogens with one attached hydrogen (secondary N) is 2. The zero-order valence-corrected chi connectivity index (χ0v) is 14.1. The Balaban J connectivity index is 1.56. The summed E-state index contributed by atoms with van der Waals surface area (Å²) in [5.74, 6) is -0.350. The Labute approximate surface area is 149 Å². The lowest BCUT2D eigenvalue weighted by atomic mass is 10.2. The summed E-state index contributed by atoms with van der Waals surface area (Å²) in [5, 5.41) is 7.46. The third-order valence-electron chi connectivity index (χ3n) is 3.38. The average Bonchev–Trinajstić information content (AvgIpc) is 3.17. The molecular weight excluding hydrogens is 332 g/mol. The first-order chi connectivity index (χ1) is 12.2. The molecule has 0 atom stereocenters. The second-order valence-electron chi connectivity index (χ2n) is 5.24. The molecule has 3 aromatic rings. The normalized spacial score (nSPS) is 10.6. The first kappa shape index (κ1) is 16.7. The molecule has 0 aliphatic rings. The molecule has 2 aromatic carbocycles. The third-order valence-corrected chi connectivity index (χ3v) is 4.25. The van der Waals surface area contributed by atoms with Crippen LogP contribution in [-0.4, -0.2) is 11.8 Å². The van der Waals surface area contributed by atoms with Gasteiger partial charge in [0.25, 0.3) is 5.91 Å². The van der Waals surface area contributed by atoms with Crippen LogP contribution in [0.2, 0.25) is 0 Å². The van der Waals surface area contributed by atoms with Gasteiger partial charge in [0, 0.05) is 17.5 Å². The number of rotatable bonds is 5. The largest absolute Gasteiger partial charge is 0.323 e. The Kier molecular flexibility index (Phi) is 5.39. The number of carbonyl (C=O) groups is 2. The van der Waals surface area contributed by atoms with Gasteiger partial charge in [-0.15, -0.1) is 11.3 Å². The Morgan fingerprint density at radius 2 is 1.48 bits per heavy atom. The molecule has 2 N–H and O–H groups in total. The van der Waals surface area contributed by atoms with Gasteiger partial charge in [0.15, 0.2) is 0 Å². The summed E-state index contributed by atoms with van der Waals surface area (Å²) in [6.45, 7) is 0. The minimum absolute atomic E-state index is 0.141. The lowest BCUT2D eigenvalue weighted by Gasteiger charge is -2.06. The van der Waals surface area contributed by atoms with Crippen molar-refractivity contribution >= 4 is 40.6 Å². The Hall–Kier alpha value is -3.18. The van der Waals surface area contributed by atoms with Gasteiger partial charge in [0.2, 0.25) is 5.91 Å². The number of hydrogen-bond donors (Lipinski definition) is 2. The van der Waals surface area contributed by atoms with Crippen molar-refractivity contribution in [1.29, 1.82) is 0 Å². The van der Waals surface area contributed by atoms with Crippen LogP contribution in [0, 0.1) is 0 Å². The maximum Gasteiger partial charge on any atom is 0.265 e. The van der Waals surface area contributed by atoms with Crippen molar-refractivity contribution in [1.82, 2.24) is 0 Å². The zero-order chi connectivity index (χ0) is 17.5. The molecule has 0 unspecified atom stereocenters. The summed E-state index contributed by atoms with van der Waals surface area (Å²) in [6.07, 6.45) is 3.24. The van der Waals surface area contributed by atoms with E-state index in [2.05, 4.69) is 10.6 Å². The molecule has 0 fully saturated rings. The molecule has 25 heavy (non-hydrogen) atoms. The quantitative estimate of drug-likeness (QED) is 0.659. The highest BCUT2D eigenvalue weighted by molar-refractivity contribution is 7.12. The highest BCUT2D eigenvalue weighted by atomic mass is 32.1. The van der Waals surface area contributed by atoms with Gasteiger partial charge in [-0.1, -0.05) is 36.4 Å². The summed E-state index contributed by atoms with van der Waals surface area (Å²) in [5.41, 5.74) is 2.30. The molecule has 0 bridgehead atoms. The molecule has 4 nitrogen and oxygen atoms in total. The lowest BCUT2D eigenvalue weighted by molar-refractivity contribution is -0.111. The number of hydrogen-bond acceptors (Lipinski definition) is 3. The second-order valence-corrected chi connectivity index (χ2v) is 6.19. The Morgan fingerprint density at radius 3 is 2.12 bits per heavy atom. The van der Waals surface area contributed by atoms with Crippen LogP contribution in [0.4, 0.5) is 11.4 Å². The smallest absolute Gasteiger partial charge is 0.265 e. The fourth-order valence-electron chi connectivity index (χ4n) is 2.16. The van der Waals surface area contributed by atoms with Crippen LogP contribution < -0.4 is 10.6 Å². The highest BCUT2D eigenvalue weighted by Crippen LogP contribution is 2.16. The average molecular weight is 348 g/mol. The van der Waals surface area contributed by atoms with Crippen LogP contribution in [0.5, 0.6) is 0 Å². The number of thiophene rings is 1. The summed E-state index contributed by atoms with van der Waals surface area (Å²) in [4.78, 5) is 24.6. The molecule has 2 amide bonds. The van der Waals surface area contributed by atoms with E-state index in [0.717, 1.165) is 5.56 Å². The van der Waals surface area contributed by atoms with E-state index >= 15 is 0 Å². The van der Waals surface area contributed by atoms with E-state index in [1.807, 2.05) is 41.8 Å². The fourth-order valence-corrected chi connectivity index (χ4v) is 2.78. The van der Waals surface area contributed by atoms with Crippen molar-refractivity contribution in [2.45, 2.75) is 0 Å². The van der Waals surface area contributed by atoms with Crippen molar-refractivity contribution in [2.75, 3.05) is 10.6 Å². The predicted octanol–water partition coefficient (Wildman–Crippen LogP) is 4.65. The molecule has 0 aliphatic heterocycles. The standard InChI is InChI=1S/C20H16N2O2S/c23-19(13-8-15-5-2-1-3-6-15)21-16-9-11-17(12-10-16)22-20(24)18-7-4-14-25-18/h1-14H,(H,21,23)(H,22,24)/b13-8+. The van der Waals surface area contributed by atoms with E-state index in [-0.39, 0.29) is 11.8 Å². The highest BCUT2D eigenvalue weighted by Gasteiger charge is 2.06. The van der Waals surface area contributed by atoms with E-state index in [1.165, 1.54) is 17.4 Å². The van der Waals surface area contributed by atoms with Gasteiger partial charge in [0.05, 0.1) is 4.88 Å². The molecule has 1 heterocycles. The van der Waals surface area contributed by atoms with Gasteiger partial charge in [-0.25, -0.2) is 0 Å². The van der Waals surface area contributed by atoms with Crippen molar-refractivity contribution < 1.29 is 9.59 Å². The summed E-state index contributed by atoms with van der Waals surface area (Å²) >= 11 is 1.39.